The van der Waals surface area contributed by atoms with Crippen LogP contribution in [0.15, 0.2) is 70.2 Å². The number of hydrazone groups is 1. The summed E-state index contributed by atoms with van der Waals surface area (Å²) in [6.07, 6.45) is 1.44. The van der Waals surface area contributed by atoms with E-state index < -0.39 is 0 Å². The molecule has 0 bridgehead atoms. The maximum atomic E-state index is 13.2. The van der Waals surface area contributed by atoms with Gasteiger partial charge in [0, 0.05) is 36.3 Å². The van der Waals surface area contributed by atoms with E-state index in [0.29, 0.717) is 25.4 Å². The molecule has 1 saturated heterocycles. The van der Waals surface area contributed by atoms with Crippen molar-refractivity contribution in [3.8, 4) is 11.8 Å². The van der Waals surface area contributed by atoms with Crippen molar-refractivity contribution in [2.24, 2.45) is 16.7 Å². The van der Waals surface area contributed by atoms with Crippen molar-refractivity contribution in [2.75, 3.05) is 24.5 Å². The third-order valence-electron chi connectivity index (χ3n) is 7.20. The first-order chi connectivity index (χ1) is 17.9. The number of hydrogen-bond donors (Lipinski definition) is 2. The third-order valence-corrected chi connectivity index (χ3v) is 7.20. The minimum atomic E-state index is -0.224. The molecule has 0 radical (unpaired) electrons. The number of nitrogens with two attached hydrogens (primary N) is 2. The van der Waals surface area contributed by atoms with Gasteiger partial charge in [-0.2, -0.15) is 5.10 Å². The number of fused-ring (bicyclic) bond motifs is 2. The number of anilines is 1. The Hall–Kier alpha value is -4.51. The Balaban J connectivity index is 1.30. The molecule has 1 aromatic heterocycles. The molecule has 188 valence electrons. The lowest BCUT2D eigenvalue weighted by atomic mass is 9.74. The van der Waals surface area contributed by atoms with Crippen molar-refractivity contribution < 1.29 is 14.0 Å². The van der Waals surface area contributed by atoms with Crippen molar-refractivity contribution in [2.45, 2.75) is 31.6 Å². The second-order valence-corrected chi connectivity index (χ2v) is 9.65. The van der Waals surface area contributed by atoms with Crippen LogP contribution in [-0.2, 0) is 10.2 Å². The molecule has 8 nitrogen and oxygen atoms in total. The van der Waals surface area contributed by atoms with Crippen LogP contribution in [-0.4, -0.2) is 42.2 Å². The van der Waals surface area contributed by atoms with Gasteiger partial charge in [0.15, 0.2) is 11.5 Å². The largest absolute Gasteiger partial charge is 0.443 e. The van der Waals surface area contributed by atoms with E-state index in [0.717, 1.165) is 35.2 Å². The minimum Gasteiger partial charge on any atom is -0.443 e. The van der Waals surface area contributed by atoms with Crippen LogP contribution in [0.4, 0.5) is 5.69 Å². The lowest BCUT2D eigenvalue weighted by Crippen LogP contribution is -2.48. The van der Waals surface area contributed by atoms with Gasteiger partial charge >= 0.3 is 0 Å². The molecule has 0 aliphatic carbocycles. The van der Waals surface area contributed by atoms with Gasteiger partial charge in [-0.15, -0.1) is 0 Å². The summed E-state index contributed by atoms with van der Waals surface area (Å²) >= 11 is 0. The number of piperidine rings is 1. The fourth-order valence-electron chi connectivity index (χ4n) is 5.20. The molecule has 37 heavy (non-hydrogen) atoms. The molecule has 2 aromatic carbocycles. The fourth-order valence-corrected chi connectivity index (χ4v) is 5.20. The minimum absolute atomic E-state index is 0.0293. The zero-order valence-electron chi connectivity index (χ0n) is 20.7. The number of rotatable bonds is 3. The molecular formula is C29H29N5O3. The van der Waals surface area contributed by atoms with E-state index in [9.17, 15) is 9.59 Å². The van der Waals surface area contributed by atoms with Gasteiger partial charge in [-0.1, -0.05) is 41.8 Å². The predicted octanol–water partition coefficient (Wildman–Crippen LogP) is 3.13. The highest BCUT2D eigenvalue weighted by molar-refractivity contribution is 6.07. The first kappa shape index (κ1) is 24.2. The van der Waals surface area contributed by atoms with Gasteiger partial charge in [0.05, 0.1) is 6.42 Å². The number of furan rings is 1. The molecule has 0 unspecified atom stereocenters. The van der Waals surface area contributed by atoms with Gasteiger partial charge < -0.3 is 25.8 Å². The monoisotopic (exact) mass is 495 g/mol. The van der Waals surface area contributed by atoms with Crippen molar-refractivity contribution >= 4 is 23.3 Å². The number of likely N-dealkylation sites (tertiary alicyclic amines) is 1. The molecule has 2 amide bonds. The van der Waals surface area contributed by atoms with E-state index in [2.05, 4.69) is 23.0 Å². The van der Waals surface area contributed by atoms with Crippen LogP contribution in [0.1, 0.15) is 52.3 Å². The average molecular weight is 496 g/mol. The summed E-state index contributed by atoms with van der Waals surface area (Å²) in [5.74, 6) is 11.8. The maximum Gasteiger partial charge on any atom is 0.289 e. The molecule has 3 heterocycles. The van der Waals surface area contributed by atoms with Crippen LogP contribution in [0.2, 0.25) is 0 Å². The van der Waals surface area contributed by atoms with Gasteiger partial charge in [0.1, 0.15) is 5.84 Å². The summed E-state index contributed by atoms with van der Waals surface area (Å²) < 4.78 is 5.75. The molecule has 0 saturated carbocycles. The summed E-state index contributed by atoms with van der Waals surface area (Å²) in [7, 11) is 0. The molecule has 3 aromatic rings. The van der Waals surface area contributed by atoms with Crippen LogP contribution in [0.25, 0.3) is 0 Å². The Bertz CT molecular complexity index is 1420. The van der Waals surface area contributed by atoms with Gasteiger partial charge in [0.25, 0.3) is 5.91 Å². The van der Waals surface area contributed by atoms with E-state index >= 15 is 0 Å². The van der Waals surface area contributed by atoms with Gasteiger partial charge in [0.2, 0.25) is 5.91 Å². The van der Waals surface area contributed by atoms with E-state index in [1.807, 2.05) is 54.3 Å². The molecule has 2 aliphatic rings. The Morgan fingerprint density at radius 1 is 1.05 bits per heavy atom. The Morgan fingerprint density at radius 2 is 1.81 bits per heavy atom. The van der Waals surface area contributed by atoms with Crippen LogP contribution >= 0.6 is 0 Å². The van der Waals surface area contributed by atoms with Crippen molar-refractivity contribution in [3.63, 3.8) is 0 Å². The normalized spacial score (nSPS) is 16.3. The lowest BCUT2D eigenvalue weighted by molar-refractivity contribution is -0.117. The molecule has 8 heteroatoms. The molecule has 1 fully saturated rings. The second kappa shape index (κ2) is 9.86. The maximum absolute atomic E-state index is 13.2. The molecule has 4 N–H and O–H groups in total. The Labute approximate surface area is 215 Å². The third kappa shape index (κ3) is 4.81. The summed E-state index contributed by atoms with van der Waals surface area (Å²) in [6, 6.07) is 19.2. The molecular weight excluding hydrogens is 466 g/mol. The van der Waals surface area contributed by atoms with E-state index in [1.165, 1.54) is 0 Å². The topological polar surface area (TPSA) is 118 Å². The number of carbonyl (C=O) groups is 2. The van der Waals surface area contributed by atoms with Gasteiger partial charge in [-0.05, 0) is 61.6 Å². The summed E-state index contributed by atoms with van der Waals surface area (Å²) in [5.41, 5.74) is 9.56. The molecule has 5 rings (SSSR count). The zero-order valence-corrected chi connectivity index (χ0v) is 20.7. The molecule has 1 spiro atoms. The van der Waals surface area contributed by atoms with Crippen molar-refractivity contribution in [1.82, 2.24) is 4.90 Å². The number of aryl methyl sites for hydroxylation is 1. The molecule has 0 atom stereocenters. The van der Waals surface area contributed by atoms with Crippen LogP contribution in [0, 0.1) is 18.8 Å². The van der Waals surface area contributed by atoms with E-state index in [-0.39, 0.29) is 35.2 Å². The summed E-state index contributed by atoms with van der Waals surface area (Å²) in [6.45, 7) is 3.72. The number of nitrogens with zero attached hydrogens (tertiary/aromatic N) is 3. The smallest absolute Gasteiger partial charge is 0.289 e. The van der Waals surface area contributed by atoms with Crippen molar-refractivity contribution in [1.29, 1.82) is 0 Å². The second-order valence-electron chi connectivity index (χ2n) is 9.65. The number of amides is 2. The standard InChI is InChI=1S/C29H29N5O3/c1-20-7-11-24-23(17-20)29(19-34(24)27(35)18-26(30)32-31)13-15-33(16-14-29)28(36)25-12-10-22(37-25)9-8-21-5-3-2-4-6-21/h2-7,10-12,17H,13-16,18-19,31H2,1H3,(H2,30,32). The lowest BCUT2D eigenvalue weighted by Gasteiger charge is -2.39. The fraction of sp³-hybridized carbons (Fsp3) is 0.276. The number of amidine groups is 1. The Morgan fingerprint density at radius 3 is 2.54 bits per heavy atom. The highest BCUT2D eigenvalue weighted by Gasteiger charge is 2.47. The number of carbonyl (C=O) groups excluding carboxylic acids is 2. The van der Waals surface area contributed by atoms with Crippen LogP contribution < -0.4 is 16.5 Å². The molecule has 2 aliphatic heterocycles. The highest BCUT2D eigenvalue weighted by Crippen LogP contribution is 2.47. The van der Waals surface area contributed by atoms with Crippen LogP contribution in [0.3, 0.4) is 0 Å². The van der Waals surface area contributed by atoms with Crippen molar-refractivity contribution in [3.05, 3.63) is 88.9 Å². The van der Waals surface area contributed by atoms with Gasteiger partial charge in [-0.3, -0.25) is 9.59 Å². The number of hydrogen-bond acceptors (Lipinski definition) is 5. The highest BCUT2D eigenvalue weighted by atomic mass is 16.3. The first-order valence-electron chi connectivity index (χ1n) is 12.3. The predicted molar refractivity (Wildman–Crippen MR) is 142 cm³/mol. The zero-order chi connectivity index (χ0) is 26.0. The SMILES string of the molecule is Cc1ccc2c(c1)C1(CCN(C(=O)c3ccc(C#Cc4ccccc4)o3)CC1)CN2C(=O)C/C(N)=N/N. The van der Waals surface area contributed by atoms with E-state index in [4.69, 9.17) is 16.0 Å². The van der Waals surface area contributed by atoms with Gasteiger partial charge in [-0.25, -0.2) is 0 Å². The van der Waals surface area contributed by atoms with Crippen LogP contribution in [0.5, 0.6) is 0 Å². The summed E-state index contributed by atoms with van der Waals surface area (Å²) in [5, 5.41) is 3.45. The van der Waals surface area contributed by atoms with E-state index in [1.54, 1.807) is 17.0 Å². The Kier molecular flexibility index (Phi) is 6.45. The quantitative estimate of drug-likeness (QED) is 0.190. The summed E-state index contributed by atoms with van der Waals surface area (Å²) in [4.78, 5) is 29.8. The first-order valence-corrected chi connectivity index (χ1v) is 12.3. The average Bonchev–Trinajstić information content (AvgIpc) is 3.51. The number of benzene rings is 2.